The summed E-state index contributed by atoms with van der Waals surface area (Å²) >= 11 is 0. The van der Waals surface area contributed by atoms with Gasteiger partial charge in [-0.3, -0.25) is 0 Å². The molecule has 0 fully saturated rings. The zero-order valence-electron chi connectivity index (χ0n) is 13.0. The lowest BCUT2D eigenvalue weighted by atomic mass is 10.1. The zero-order chi connectivity index (χ0) is 15.9. The van der Waals surface area contributed by atoms with Gasteiger partial charge in [0.2, 0.25) is 0 Å². The molecule has 5 heteroatoms. The van der Waals surface area contributed by atoms with E-state index < -0.39 is 6.16 Å². The van der Waals surface area contributed by atoms with Crippen LogP contribution in [0.1, 0.15) is 20.8 Å². The lowest BCUT2D eigenvalue weighted by Gasteiger charge is -2.16. The first-order valence-corrected chi connectivity index (χ1v) is 7.37. The lowest BCUT2D eigenvalue weighted by Crippen LogP contribution is -2.11. The molecule has 118 valence electrons. The van der Waals surface area contributed by atoms with Crippen LogP contribution in [-0.2, 0) is 4.74 Å². The molecule has 22 heavy (non-hydrogen) atoms. The third-order valence-electron chi connectivity index (χ3n) is 2.97. The summed E-state index contributed by atoms with van der Waals surface area (Å²) in [5, 5.41) is 1.59. The molecule has 0 spiro atoms. The second-order valence-electron chi connectivity index (χ2n) is 4.40. The third-order valence-corrected chi connectivity index (χ3v) is 2.97. The number of carbonyl (C=O) groups excluding carboxylic acids is 1. The summed E-state index contributed by atoms with van der Waals surface area (Å²) in [5.74, 6) is 1.58. The Bertz CT molecular complexity index is 651. The Labute approximate surface area is 129 Å². The number of benzene rings is 2. The van der Waals surface area contributed by atoms with Crippen LogP contribution in [0.4, 0.5) is 4.79 Å². The predicted molar refractivity (Wildman–Crippen MR) is 83.9 cm³/mol. The van der Waals surface area contributed by atoms with Gasteiger partial charge in [0.05, 0.1) is 19.8 Å². The number of hydrogen-bond donors (Lipinski definition) is 0. The Hall–Kier alpha value is -2.43. The maximum atomic E-state index is 11.6. The molecule has 0 aliphatic rings. The van der Waals surface area contributed by atoms with E-state index in [1.54, 1.807) is 13.0 Å². The smallest absolute Gasteiger partial charge is 0.490 e. The van der Waals surface area contributed by atoms with Gasteiger partial charge in [0.25, 0.3) is 0 Å². The molecule has 2 aromatic rings. The van der Waals surface area contributed by atoms with E-state index >= 15 is 0 Å². The largest absolute Gasteiger partial charge is 0.513 e. The Morgan fingerprint density at radius 2 is 1.59 bits per heavy atom. The molecular weight excluding hydrogens is 284 g/mol. The highest BCUT2D eigenvalue weighted by atomic mass is 16.7. The number of fused-ring (bicyclic) bond motifs is 1. The van der Waals surface area contributed by atoms with Crippen molar-refractivity contribution in [2.24, 2.45) is 0 Å². The van der Waals surface area contributed by atoms with Gasteiger partial charge in [0.15, 0.2) is 11.5 Å². The van der Waals surface area contributed by atoms with Gasteiger partial charge in [0.1, 0.15) is 5.75 Å². The Morgan fingerprint density at radius 3 is 2.23 bits per heavy atom. The SMILES string of the molecule is CCOC(=O)Oc1cc(OCC)c(OCC)c2ccccc12. The summed E-state index contributed by atoms with van der Waals surface area (Å²) in [6.07, 6.45) is -0.737. The van der Waals surface area contributed by atoms with Gasteiger partial charge in [-0.15, -0.1) is 0 Å². The van der Waals surface area contributed by atoms with E-state index in [4.69, 9.17) is 18.9 Å². The van der Waals surface area contributed by atoms with Crippen LogP contribution in [-0.4, -0.2) is 26.0 Å². The molecule has 0 saturated carbocycles. The van der Waals surface area contributed by atoms with Crippen molar-refractivity contribution in [3.63, 3.8) is 0 Å². The molecule has 0 aliphatic heterocycles. The minimum atomic E-state index is -0.737. The molecule has 0 amide bonds. The van der Waals surface area contributed by atoms with Crippen molar-refractivity contribution in [3.05, 3.63) is 30.3 Å². The zero-order valence-corrected chi connectivity index (χ0v) is 13.0. The van der Waals surface area contributed by atoms with E-state index in [0.717, 1.165) is 10.8 Å². The average molecular weight is 304 g/mol. The van der Waals surface area contributed by atoms with Crippen molar-refractivity contribution in [3.8, 4) is 17.2 Å². The van der Waals surface area contributed by atoms with E-state index in [1.165, 1.54) is 0 Å². The first-order valence-electron chi connectivity index (χ1n) is 7.37. The minimum absolute atomic E-state index is 0.256. The fraction of sp³-hybridized carbons (Fsp3) is 0.353. The van der Waals surface area contributed by atoms with Crippen LogP contribution in [0.2, 0.25) is 0 Å². The lowest BCUT2D eigenvalue weighted by molar-refractivity contribution is 0.104. The fourth-order valence-electron chi connectivity index (χ4n) is 2.17. The molecule has 0 radical (unpaired) electrons. The van der Waals surface area contributed by atoms with Crippen molar-refractivity contribution < 1.29 is 23.7 Å². The predicted octanol–water partition coefficient (Wildman–Crippen LogP) is 4.17. The molecule has 2 aromatic carbocycles. The van der Waals surface area contributed by atoms with E-state index in [1.807, 2.05) is 38.1 Å². The molecule has 0 N–H and O–H groups in total. The van der Waals surface area contributed by atoms with Crippen LogP contribution in [0.15, 0.2) is 30.3 Å². The summed E-state index contributed by atoms with van der Waals surface area (Å²) in [6, 6.07) is 9.20. The Morgan fingerprint density at radius 1 is 0.909 bits per heavy atom. The van der Waals surface area contributed by atoms with E-state index in [9.17, 15) is 4.79 Å². The summed E-state index contributed by atoms with van der Waals surface area (Å²) in [4.78, 5) is 11.6. The highest BCUT2D eigenvalue weighted by Crippen LogP contribution is 2.41. The van der Waals surface area contributed by atoms with E-state index in [2.05, 4.69) is 0 Å². The summed E-state index contributed by atoms with van der Waals surface area (Å²) < 4.78 is 21.5. The van der Waals surface area contributed by atoms with Crippen molar-refractivity contribution in [2.75, 3.05) is 19.8 Å². The van der Waals surface area contributed by atoms with Gasteiger partial charge < -0.3 is 18.9 Å². The van der Waals surface area contributed by atoms with Gasteiger partial charge in [-0.25, -0.2) is 4.79 Å². The standard InChI is InChI=1S/C17H20O5/c1-4-19-15-11-14(22-17(18)21-6-3)12-9-7-8-10-13(12)16(15)20-5-2/h7-11H,4-6H2,1-3H3. The van der Waals surface area contributed by atoms with Gasteiger partial charge >= 0.3 is 6.16 Å². The number of ether oxygens (including phenoxy) is 4. The fourth-order valence-corrected chi connectivity index (χ4v) is 2.17. The monoisotopic (exact) mass is 304 g/mol. The van der Waals surface area contributed by atoms with Gasteiger partial charge in [0, 0.05) is 16.8 Å². The van der Waals surface area contributed by atoms with E-state index in [-0.39, 0.29) is 6.61 Å². The molecule has 0 bridgehead atoms. The molecule has 0 heterocycles. The minimum Gasteiger partial charge on any atom is -0.490 e. The third kappa shape index (κ3) is 3.42. The van der Waals surface area contributed by atoms with Gasteiger partial charge in [-0.05, 0) is 20.8 Å². The summed E-state index contributed by atoms with van der Waals surface area (Å²) in [7, 11) is 0. The normalized spacial score (nSPS) is 10.3. The molecule has 5 nitrogen and oxygen atoms in total. The number of carbonyl (C=O) groups is 1. The first-order chi connectivity index (χ1) is 10.7. The Balaban J connectivity index is 2.55. The highest BCUT2D eigenvalue weighted by molar-refractivity contribution is 5.96. The first kappa shape index (κ1) is 15.9. The maximum absolute atomic E-state index is 11.6. The summed E-state index contributed by atoms with van der Waals surface area (Å²) in [6.45, 7) is 6.78. The molecular formula is C17H20O5. The Kier molecular flexibility index (Phi) is 5.47. The number of hydrogen-bond acceptors (Lipinski definition) is 5. The van der Waals surface area contributed by atoms with Crippen molar-refractivity contribution in [2.45, 2.75) is 20.8 Å². The molecule has 0 saturated heterocycles. The molecule has 0 unspecified atom stereocenters. The topological polar surface area (TPSA) is 54.0 Å². The molecule has 0 atom stereocenters. The van der Waals surface area contributed by atoms with Crippen molar-refractivity contribution in [1.82, 2.24) is 0 Å². The van der Waals surface area contributed by atoms with Gasteiger partial charge in [-0.1, -0.05) is 24.3 Å². The highest BCUT2D eigenvalue weighted by Gasteiger charge is 2.17. The maximum Gasteiger partial charge on any atom is 0.513 e. The molecule has 0 aliphatic carbocycles. The summed E-state index contributed by atoms with van der Waals surface area (Å²) in [5.41, 5.74) is 0. The van der Waals surface area contributed by atoms with Crippen molar-refractivity contribution >= 4 is 16.9 Å². The van der Waals surface area contributed by atoms with Crippen LogP contribution in [0, 0.1) is 0 Å². The molecule has 0 aromatic heterocycles. The van der Waals surface area contributed by atoms with Crippen LogP contribution < -0.4 is 14.2 Å². The van der Waals surface area contributed by atoms with Gasteiger partial charge in [-0.2, -0.15) is 0 Å². The van der Waals surface area contributed by atoms with E-state index in [0.29, 0.717) is 30.5 Å². The van der Waals surface area contributed by atoms with Crippen molar-refractivity contribution in [1.29, 1.82) is 0 Å². The van der Waals surface area contributed by atoms with Crippen LogP contribution in [0.3, 0.4) is 0 Å². The molecule has 2 rings (SSSR count). The average Bonchev–Trinajstić information content (AvgIpc) is 2.51. The second kappa shape index (κ2) is 7.54. The van der Waals surface area contributed by atoms with Crippen LogP contribution in [0.25, 0.3) is 10.8 Å². The quantitative estimate of drug-likeness (QED) is 0.592. The van der Waals surface area contributed by atoms with Crippen LogP contribution in [0.5, 0.6) is 17.2 Å². The van der Waals surface area contributed by atoms with Crippen LogP contribution >= 0.6 is 0 Å². The number of rotatable bonds is 6. The second-order valence-corrected chi connectivity index (χ2v) is 4.40.